The Morgan fingerprint density at radius 1 is 1.23 bits per heavy atom. The van der Waals surface area contributed by atoms with Gasteiger partial charge in [0.25, 0.3) is 0 Å². The van der Waals surface area contributed by atoms with Crippen LogP contribution in [0.2, 0.25) is 0 Å². The number of allylic oxidation sites excluding steroid dienone is 1. The average Bonchev–Trinajstić information content (AvgIpc) is 3.58. The Morgan fingerprint density at radius 2 is 2.03 bits per heavy atom. The topological polar surface area (TPSA) is 71.2 Å². The lowest BCUT2D eigenvalue weighted by Crippen LogP contribution is -2.29. The predicted molar refractivity (Wildman–Crippen MR) is 141 cm³/mol. The number of nitrogens with zero attached hydrogens (tertiary/aromatic N) is 4. The molecule has 4 rings (SSSR count). The lowest BCUT2D eigenvalue weighted by molar-refractivity contribution is -0.137. The number of para-hydroxylation sites is 1. The van der Waals surface area contributed by atoms with Gasteiger partial charge in [-0.2, -0.15) is 0 Å². The molecule has 1 unspecified atom stereocenters. The number of aromatic nitrogens is 3. The summed E-state index contributed by atoms with van der Waals surface area (Å²) in [7, 11) is 0. The molecule has 0 amide bonds. The molecule has 1 N–H and O–H groups in total. The highest BCUT2D eigenvalue weighted by molar-refractivity contribution is 7.99. The van der Waals surface area contributed by atoms with Crippen LogP contribution in [0, 0.1) is 5.82 Å². The lowest BCUT2D eigenvalue weighted by Gasteiger charge is -2.32. The lowest BCUT2D eigenvalue weighted by atomic mass is 10.0. The maximum Gasteiger partial charge on any atom is 0.303 e. The highest BCUT2D eigenvalue weighted by Crippen LogP contribution is 2.36. The summed E-state index contributed by atoms with van der Waals surface area (Å²) in [4.78, 5) is 22.2. The number of imidazole rings is 1. The molecule has 1 atom stereocenters. The summed E-state index contributed by atoms with van der Waals surface area (Å²) in [6, 6.07) is 14.3. The summed E-state index contributed by atoms with van der Waals surface area (Å²) in [5.74, 6) is -1.13. The molecule has 2 heterocycles. The van der Waals surface area contributed by atoms with Crippen LogP contribution in [0.4, 0.5) is 10.1 Å². The van der Waals surface area contributed by atoms with Gasteiger partial charge < -0.3 is 14.6 Å². The summed E-state index contributed by atoms with van der Waals surface area (Å²) < 4.78 is 15.6. The summed E-state index contributed by atoms with van der Waals surface area (Å²) in [5, 5.41) is 12.0. The van der Waals surface area contributed by atoms with Gasteiger partial charge in [-0.05, 0) is 36.4 Å². The van der Waals surface area contributed by atoms with E-state index in [-0.39, 0.29) is 17.6 Å². The molecule has 0 saturated heterocycles. The van der Waals surface area contributed by atoms with E-state index < -0.39 is 5.97 Å². The fourth-order valence-electron chi connectivity index (χ4n) is 3.79. The van der Waals surface area contributed by atoms with Crippen LogP contribution in [0.25, 0.3) is 16.7 Å². The molecule has 0 spiro atoms. The molecule has 180 valence electrons. The second-order valence-electron chi connectivity index (χ2n) is 7.78. The number of hydrogen-bond acceptors (Lipinski definition) is 6. The molecule has 0 radical (unpaired) electrons. The van der Waals surface area contributed by atoms with E-state index in [4.69, 9.17) is 0 Å². The zero-order chi connectivity index (χ0) is 24.6. The monoisotopic (exact) mass is 508 g/mol. The fourth-order valence-corrected chi connectivity index (χ4v) is 5.18. The Labute approximate surface area is 211 Å². The first kappa shape index (κ1) is 24.7. The number of carboxylic acid groups (broad SMARTS) is 1. The Balaban J connectivity index is 1.84. The van der Waals surface area contributed by atoms with Crippen molar-refractivity contribution >= 4 is 40.3 Å². The van der Waals surface area contributed by atoms with Gasteiger partial charge in [0.1, 0.15) is 10.8 Å². The van der Waals surface area contributed by atoms with E-state index in [1.165, 1.54) is 12.1 Å². The van der Waals surface area contributed by atoms with Crippen LogP contribution in [0.15, 0.2) is 85.0 Å². The Kier molecular flexibility index (Phi) is 8.33. The molecule has 35 heavy (non-hydrogen) atoms. The predicted octanol–water partition coefficient (Wildman–Crippen LogP) is 6.25. The van der Waals surface area contributed by atoms with Crippen LogP contribution in [0.3, 0.4) is 0 Å². The van der Waals surface area contributed by atoms with E-state index >= 15 is 0 Å². The maximum absolute atomic E-state index is 13.6. The number of benzene rings is 2. The largest absolute Gasteiger partial charge is 0.481 e. The fraction of sp³-hybridized carbons (Fsp3) is 0.192. The molecule has 0 bridgehead atoms. The van der Waals surface area contributed by atoms with Crippen LogP contribution in [0.5, 0.6) is 0 Å². The van der Waals surface area contributed by atoms with E-state index in [0.29, 0.717) is 13.0 Å². The van der Waals surface area contributed by atoms with Gasteiger partial charge in [-0.1, -0.05) is 30.3 Å². The standard InChI is InChI=1S/C26H25FN4O2S2/c1-34-24(10-11-25(32)33)31(17-20(26-29-13-15-35-26)16-30-14-12-28-18-30)23-5-3-2-4-22(23)19-6-8-21(27)9-7-19/h2-9,12-15,17-18,24H,10-11,16H2,1H3,(H,32,33)/b20-17-. The van der Waals surface area contributed by atoms with Crippen molar-refractivity contribution in [2.24, 2.45) is 0 Å². The van der Waals surface area contributed by atoms with Crippen LogP contribution < -0.4 is 4.90 Å². The summed E-state index contributed by atoms with van der Waals surface area (Å²) in [6.45, 7) is 0.558. The number of anilines is 1. The number of hydrogen-bond donors (Lipinski definition) is 1. The third-order valence-electron chi connectivity index (χ3n) is 5.44. The first-order valence-corrected chi connectivity index (χ1v) is 13.2. The summed E-state index contributed by atoms with van der Waals surface area (Å²) >= 11 is 3.14. The zero-order valence-electron chi connectivity index (χ0n) is 19.1. The van der Waals surface area contributed by atoms with Gasteiger partial charge in [-0.15, -0.1) is 23.1 Å². The third kappa shape index (κ3) is 6.37. The third-order valence-corrected chi connectivity index (χ3v) is 7.29. The number of carboxylic acids is 1. The van der Waals surface area contributed by atoms with E-state index in [9.17, 15) is 14.3 Å². The molecule has 4 aromatic rings. The number of rotatable bonds is 11. The van der Waals surface area contributed by atoms with Crippen molar-refractivity contribution in [2.75, 3.05) is 11.2 Å². The molecule has 2 aromatic carbocycles. The number of carbonyl (C=O) groups is 1. The number of thiazole rings is 1. The number of thioether (sulfide) groups is 1. The van der Waals surface area contributed by atoms with Crippen molar-refractivity contribution < 1.29 is 14.3 Å². The summed E-state index contributed by atoms with van der Waals surface area (Å²) in [5.41, 5.74) is 3.69. The maximum atomic E-state index is 13.6. The van der Waals surface area contributed by atoms with Gasteiger partial charge in [0.15, 0.2) is 0 Å². The smallest absolute Gasteiger partial charge is 0.303 e. The second-order valence-corrected chi connectivity index (χ2v) is 9.69. The van der Waals surface area contributed by atoms with Crippen molar-refractivity contribution in [3.8, 4) is 11.1 Å². The van der Waals surface area contributed by atoms with Crippen molar-refractivity contribution in [3.05, 3.63) is 95.9 Å². The Bertz CT molecular complexity index is 1260. The first-order valence-electron chi connectivity index (χ1n) is 11.0. The van der Waals surface area contributed by atoms with Gasteiger partial charge in [0.2, 0.25) is 0 Å². The SMILES string of the molecule is CSC(CCC(=O)O)N(/C=C(/Cn1ccnc1)c1nccs1)c1ccccc1-c1ccc(F)cc1. The van der Waals surface area contributed by atoms with E-state index in [2.05, 4.69) is 21.1 Å². The average molecular weight is 509 g/mol. The summed E-state index contributed by atoms with van der Waals surface area (Å²) in [6.07, 6.45) is 11.7. The molecule has 9 heteroatoms. The zero-order valence-corrected chi connectivity index (χ0v) is 20.8. The molecular formula is C26H25FN4O2S2. The number of aliphatic carboxylic acids is 1. The van der Waals surface area contributed by atoms with Crippen LogP contribution in [-0.4, -0.2) is 37.2 Å². The first-order chi connectivity index (χ1) is 17.0. The number of halogens is 1. The van der Waals surface area contributed by atoms with Crippen LogP contribution in [0.1, 0.15) is 17.8 Å². The van der Waals surface area contributed by atoms with Crippen LogP contribution >= 0.6 is 23.1 Å². The van der Waals surface area contributed by atoms with Gasteiger partial charge in [-0.3, -0.25) is 4.79 Å². The highest BCUT2D eigenvalue weighted by atomic mass is 32.2. The molecule has 0 aliphatic rings. The normalized spacial score (nSPS) is 12.5. The molecule has 0 aliphatic carbocycles. The molecular weight excluding hydrogens is 483 g/mol. The molecule has 0 saturated carbocycles. The molecule has 0 aliphatic heterocycles. The minimum atomic E-state index is -0.835. The van der Waals surface area contributed by atoms with E-state index in [1.807, 2.05) is 46.7 Å². The van der Waals surface area contributed by atoms with Crippen molar-refractivity contribution in [1.29, 1.82) is 0 Å². The van der Waals surface area contributed by atoms with Crippen molar-refractivity contribution in [3.63, 3.8) is 0 Å². The quantitative estimate of drug-likeness (QED) is 0.242. The van der Waals surface area contributed by atoms with E-state index in [1.54, 1.807) is 54.0 Å². The second kappa shape index (κ2) is 11.8. The van der Waals surface area contributed by atoms with Crippen molar-refractivity contribution in [2.45, 2.75) is 24.8 Å². The molecule has 2 aromatic heterocycles. The van der Waals surface area contributed by atoms with Gasteiger partial charge in [0.05, 0.1) is 18.2 Å². The molecule has 6 nitrogen and oxygen atoms in total. The Hall–Kier alpha value is -3.43. The van der Waals surface area contributed by atoms with Crippen LogP contribution in [-0.2, 0) is 11.3 Å². The minimum absolute atomic E-state index is 0.0443. The minimum Gasteiger partial charge on any atom is -0.481 e. The highest BCUT2D eigenvalue weighted by Gasteiger charge is 2.22. The Morgan fingerprint density at radius 3 is 2.69 bits per heavy atom. The molecule has 0 fully saturated rings. The van der Waals surface area contributed by atoms with Crippen molar-refractivity contribution in [1.82, 2.24) is 14.5 Å². The van der Waals surface area contributed by atoms with Gasteiger partial charge >= 0.3 is 5.97 Å². The van der Waals surface area contributed by atoms with E-state index in [0.717, 1.165) is 27.4 Å². The van der Waals surface area contributed by atoms with Gasteiger partial charge in [-0.25, -0.2) is 14.4 Å². The van der Waals surface area contributed by atoms with Gasteiger partial charge in [0, 0.05) is 53.4 Å².